The zero-order valence-corrected chi connectivity index (χ0v) is 16.8. The SMILES string of the molecule is CC[O+](CC(=O)Nc1c(C)cccc1C)CC(=O)Nc1c(C)cccc1C. The molecule has 0 saturated carbocycles. The van der Waals surface area contributed by atoms with Gasteiger partial charge in [0.2, 0.25) is 13.2 Å². The highest BCUT2D eigenvalue weighted by atomic mass is 16.7. The molecular formula is C22H29N2O3+. The van der Waals surface area contributed by atoms with Crippen LogP contribution in [0.15, 0.2) is 36.4 Å². The van der Waals surface area contributed by atoms with Gasteiger partial charge in [0.05, 0.1) is 0 Å². The predicted molar refractivity (Wildman–Crippen MR) is 110 cm³/mol. The number of anilines is 2. The van der Waals surface area contributed by atoms with E-state index in [0.29, 0.717) is 6.61 Å². The molecule has 2 amide bonds. The molecular weight excluding hydrogens is 340 g/mol. The summed E-state index contributed by atoms with van der Waals surface area (Å²) in [5.41, 5.74) is 5.74. The number of hydrogen-bond donors (Lipinski definition) is 2. The first-order valence-corrected chi connectivity index (χ1v) is 9.18. The summed E-state index contributed by atoms with van der Waals surface area (Å²) >= 11 is 0. The topological polar surface area (TPSA) is 60.9 Å². The zero-order valence-electron chi connectivity index (χ0n) is 16.8. The highest BCUT2D eigenvalue weighted by Gasteiger charge is 2.20. The molecule has 0 saturated heterocycles. The van der Waals surface area contributed by atoms with Gasteiger partial charge in [-0.3, -0.25) is 9.59 Å². The first-order chi connectivity index (χ1) is 12.8. The molecule has 0 radical (unpaired) electrons. The Balaban J connectivity index is 1.96. The van der Waals surface area contributed by atoms with Gasteiger partial charge in [-0.2, -0.15) is 0 Å². The van der Waals surface area contributed by atoms with Crippen molar-refractivity contribution >= 4 is 23.2 Å². The van der Waals surface area contributed by atoms with Crippen LogP contribution in [0, 0.1) is 27.7 Å². The summed E-state index contributed by atoms with van der Waals surface area (Å²) < 4.78 is 2.73. The van der Waals surface area contributed by atoms with Crippen molar-refractivity contribution in [1.82, 2.24) is 0 Å². The molecule has 0 aromatic heterocycles. The standard InChI is InChI=1S/C22H28N2O3/c1-6-27(13-19(25)23-21-15(2)9-7-10-16(21)3)14-20(26)24-22-17(4)11-8-12-18(22)5/h7-12H,6,13-14H2,1-5H3,(H-,23,24,25,26)/p+1. The summed E-state index contributed by atoms with van der Waals surface area (Å²) in [5, 5.41) is 5.90. The number of rotatable bonds is 7. The lowest BCUT2D eigenvalue weighted by atomic mass is 10.1. The molecule has 5 nitrogen and oxygen atoms in total. The number of amides is 2. The molecule has 27 heavy (non-hydrogen) atoms. The second kappa shape index (κ2) is 9.33. The Bertz CT molecular complexity index is 722. The molecule has 0 aliphatic rings. The number of para-hydroxylation sites is 2. The fourth-order valence-corrected chi connectivity index (χ4v) is 3.00. The number of carbonyl (C=O) groups excluding carboxylic acids is 2. The van der Waals surface area contributed by atoms with Crippen molar-refractivity contribution in [2.75, 3.05) is 30.5 Å². The van der Waals surface area contributed by atoms with E-state index in [1.807, 2.05) is 71.0 Å². The van der Waals surface area contributed by atoms with E-state index >= 15 is 0 Å². The normalized spacial score (nSPS) is 10.7. The monoisotopic (exact) mass is 369 g/mol. The molecule has 0 atom stereocenters. The second-order valence-corrected chi connectivity index (χ2v) is 6.82. The third kappa shape index (κ3) is 5.66. The van der Waals surface area contributed by atoms with Gasteiger partial charge in [0.1, 0.15) is 6.61 Å². The molecule has 2 rings (SSSR count). The molecule has 0 unspecified atom stereocenters. The summed E-state index contributed by atoms with van der Waals surface area (Å²) in [7, 11) is 0. The Labute approximate surface area is 161 Å². The van der Waals surface area contributed by atoms with E-state index in [1.54, 1.807) is 0 Å². The van der Waals surface area contributed by atoms with Crippen LogP contribution in [0.1, 0.15) is 29.2 Å². The Morgan fingerprint density at radius 3 is 1.37 bits per heavy atom. The molecule has 2 N–H and O–H groups in total. The van der Waals surface area contributed by atoms with Crippen LogP contribution in [0.5, 0.6) is 0 Å². The van der Waals surface area contributed by atoms with Crippen molar-refractivity contribution in [3.63, 3.8) is 0 Å². The molecule has 0 aliphatic carbocycles. The molecule has 0 heterocycles. The van der Waals surface area contributed by atoms with Gasteiger partial charge in [-0.15, -0.1) is 0 Å². The predicted octanol–water partition coefficient (Wildman–Crippen LogP) is 4.07. The molecule has 2 aromatic carbocycles. The third-order valence-electron chi connectivity index (χ3n) is 4.57. The summed E-state index contributed by atoms with van der Waals surface area (Å²) in [6.45, 7) is 10.5. The van der Waals surface area contributed by atoms with Crippen molar-refractivity contribution in [3.8, 4) is 0 Å². The number of nitrogens with one attached hydrogen (secondary N) is 2. The summed E-state index contributed by atoms with van der Waals surface area (Å²) in [6.07, 6.45) is 0. The fraction of sp³-hybridized carbons (Fsp3) is 0.364. The van der Waals surface area contributed by atoms with Gasteiger partial charge in [0, 0.05) is 18.3 Å². The fourth-order valence-electron chi connectivity index (χ4n) is 3.00. The summed E-state index contributed by atoms with van der Waals surface area (Å²) in [6, 6.07) is 11.8. The minimum Gasteiger partial charge on any atom is -0.408 e. The molecule has 0 spiro atoms. The van der Waals surface area contributed by atoms with Crippen molar-refractivity contribution in [1.29, 1.82) is 0 Å². The van der Waals surface area contributed by atoms with Gasteiger partial charge >= 0.3 is 11.8 Å². The third-order valence-corrected chi connectivity index (χ3v) is 4.57. The van der Waals surface area contributed by atoms with Crippen LogP contribution >= 0.6 is 0 Å². The maximum absolute atomic E-state index is 12.4. The van der Waals surface area contributed by atoms with E-state index < -0.39 is 0 Å². The van der Waals surface area contributed by atoms with Crippen LogP contribution in [-0.4, -0.2) is 31.6 Å². The van der Waals surface area contributed by atoms with Gasteiger partial charge in [-0.1, -0.05) is 36.4 Å². The summed E-state index contributed by atoms with van der Waals surface area (Å²) in [4.78, 5) is 24.9. The number of carbonyl (C=O) groups is 2. The largest absolute Gasteiger partial charge is 0.408 e. The van der Waals surface area contributed by atoms with Crippen molar-refractivity contribution in [2.24, 2.45) is 0 Å². The Morgan fingerprint density at radius 1 is 0.741 bits per heavy atom. The van der Waals surface area contributed by atoms with Gasteiger partial charge < -0.3 is 15.0 Å². The maximum Gasteiger partial charge on any atom is 0.300 e. The van der Waals surface area contributed by atoms with E-state index in [0.717, 1.165) is 33.6 Å². The van der Waals surface area contributed by atoms with Crippen LogP contribution in [0.4, 0.5) is 11.4 Å². The van der Waals surface area contributed by atoms with Crippen molar-refractivity contribution < 1.29 is 14.0 Å². The van der Waals surface area contributed by atoms with Crippen molar-refractivity contribution in [2.45, 2.75) is 34.6 Å². The first kappa shape index (κ1) is 20.6. The smallest absolute Gasteiger partial charge is 0.300 e. The highest BCUT2D eigenvalue weighted by molar-refractivity contribution is 5.95. The van der Waals surface area contributed by atoms with Crippen LogP contribution in [0.3, 0.4) is 0 Å². The zero-order chi connectivity index (χ0) is 20.0. The number of hydrogen-bond acceptors (Lipinski definition) is 2. The molecule has 5 heteroatoms. The van der Waals surface area contributed by atoms with E-state index in [-0.39, 0.29) is 25.0 Å². The lowest BCUT2D eigenvalue weighted by molar-refractivity contribution is -0.161. The quantitative estimate of drug-likeness (QED) is 0.723. The minimum absolute atomic E-state index is 0.0877. The number of benzene rings is 2. The minimum atomic E-state index is -0.154. The molecule has 0 aliphatic heterocycles. The molecule has 0 fully saturated rings. The Kier molecular flexibility index (Phi) is 7.13. The van der Waals surface area contributed by atoms with Gasteiger partial charge in [-0.25, -0.2) is 0 Å². The van der Waals surface area contributed by atoms with E-state index in [9.17, 15) is 9.59 Å². The van der Waals surface area contributed by atoms with Crippen LogP contribution in [0.2, 0.25) is 0 Å². The van der Waals surface area contributed by atoms with Crippen LogP contribution < -0.4 is 10.6 Å². The molecule has 2 aromatic rings. The van der Waals surface area contributed by atoms with Crippen LogP contribution in [-0.2, 0) is 14.0 Å². The van der Waals surface area contributed by atoms with Crippen LogP contribution in [0.25, 0.3) is 0 Å². The highest BCUT2D eigenvalue weighted by Crippen LogP contribution is 2.20. The van der Waals surface area contributed by atoms with Gasteiger partial charge in [0.25, 0.3) is 0 Å². The Morgan fingerprint density at radius 2 is 1.07 bits per heavy atom. The second-order valence-electron chi connectivity index (χ2n) is 6.82. The van der Waals surface area contributed by atoms with E-state index in [4.69, 9.17) is 0 Å². The lowest BCUT2D eigenvalue weighted by Crippen LogP contribution is -2.33. The summed E-state index contributed by atoms with van der Waals surface area (Å²) in [5.74, 6) is -0.307. The average Bonchev–Trinajstić information content (AvgIpc) is 2.61. The van der Waals surface area contributed by atoms with E-state index in [1.165, 1.54) is 0 Å². The van der Waals surface area contributed by atoms with Crippen molar-refractivity contribution in [3.05, 3.63) is 58.7 Å². The average molecular weight is 369 g/mol. The Hall–Kier alpha value is -2.66. The molecule has 0 bridgehead atoms. The molecule has 144 valence electrons. The van der Waals surface area contributed by atoms with Gasteiger partial charge in [0.15, 0.2) is 0 Å². The van der Waals surface area contributed by atoms with E-state index in [2.05, 4.69) is 15.0 Å². The number of aryl methyl sites for hydroxylation is 4. The maximum atomic E-state index is 12.4. The first-order valence-electron chi connectivity index (χ1n) is 9.18. The lowest BCUT2D eigenvalue weighted by Gasteiger charge is -2.19. The van der Waals surface area contributed by atoms with Gasteiger partial charge in [-0.05, 0) is 49.9 Å².